The molecule has 5 heteroatoms. The van der Waals surface area contributed by atoms with Crippen molar-refractivity contribution in [2.75, 3.05) is 26.3 Å². The summed E-state index contributed by atoms with van der Waals surface area (Å²) in [7, 11) is 0. The van der Waals surface area contributed by atoms with Gasteiger partial charge in [-0.2, -0.15) is 0 Å². The van der Waals surface area contributed by atoms with Crippen LogP contribution in [0.5, 0.6) is 11.5 Å². The number of para-hydroxylation sites is 1. The highest BCUT2D eigenvalue weighted by Gasteiger charge is 2.34. The number of fused-ring (bicyclic) bond motifs is 1. The van der Waals surface area contributed by atoms with Gasteiger partial charge in [-0.3, -0.25) is 4.79 Å². The first-order valence-corrected chi connectivity index (χ1v) is 7.21. The van der Waals surface area contributed by atoms with Gasteiger partial charge in [0.25, 0.3) is 5.91 Å². The molecule has 0 spiro atoms. The first kappa shape index (κ1) is 13.2. The van der Waals surface area contributed by atoms with Crippen molar-refractivity contribution in [1.82, 2.24) is 4.90 Å². The third-order valence-electron chi connectivity index (χ3n) is 3.65. The number of hydrogen-bond acceptors (Lipinski definition) is 4. The summed E-state index contributed by atoms with van der Waals surface area (Å²) in [6, 6.07) is 5.86. The van der Waals surface area contributed by atoms with Crippen molar-refractivity contribution in [3.05, 3.63) is 23.8 Å². The molecule has 3 rings (SSSR count). The van der Waals surface area contributed by atoms with Crippen molar-refractivity contribution >= 4 is 5.91 Å². The highest BCUT2D eigenvalue weighted by atomic mass is 16.6. The largest absolute Gasteiger partial charge is 0.486 e. The molecular weight excluding hydrogens is 256 g/mol. The number of amides is 1. The molecule has 2 aliphatic rings. The van der Waals surface area contributed by atoms with Gasteiger partial charge in [0.15, 0.2) is 11.5 Å². The molecule has 1 fully saturated rings. The molecule has 1 aliphatic heterocycles. The van der Waals surface area contributed by atoms with Gasteiger partial charge in [-0.1, -0.05) is 6.07 Å². The van der Waals surface area contributed by atoms with E-state index in [-0.39, 0.29) is 5.91 Å². The van der Waals surface area contributed by atoms with E-state index in [1.165, 1.54) is 0 Å². The average molecular weight is 276 g/mol. The van der Waals surface area contributed by atoms with Gasteiger partial charge in [-0.15, -0.1) is 0 Å². The number of nitrogens with zero attached hydrogens (tertiary/aromatic N) is 1. The fraction of sp³-hybridized carbons (Fsp3) is 0.533. The van der Waals surface area contributed by atoms with Crippen LogP contribution in [0.15, 0.2) is 18.2 Å². The van der Waals surface area contributed by atoms with Gasteiger partial charge in [-0.05, 0) is 37.9 Å². The summed E-state index contributed by atoms with van der Waals surface area (Å²) >= 11 is 0. The van der Waals surface area contributed by atoms with Crippen LogP contribution in [-0.4, -0.2) is 43.2 Å². The summed E-state index contributed by atoms with van der Waals surface area (Å²) in [5.74, 6) is 1.28. The van der Waals surface area contributed by atoms with E-state index >= 15 is 0 Å². The Morgan fingerprint density at radius 3 is 2.85 bits per heavy atom. The van der Waals surface area contributed by atoms with Crippen LogP contribution in [0.3, 0.4) is 0 Å². The van der Waals surface area contributed by atoms with E-state index in [4.69, 9.17) is 15.2 Å². The molecule has 0 atom stereocenters. The van der Waals surface area contributed by atoms with Gasteiger partial charge in [0.2, 0.25) is 0 Å². The van der Waals surface area contributed by atoms with E-state index in [9.17, 15) is 4.79 Å². The predicted molar refractivity (Wildman–Crippen MR) is 75.2 cm³/mol. The van der Waals surface area contributed by atoms with Crippen molar-refractivity contribution in [3.8, 4) is 11.5 Å². The van der Waals surface area contributed by atoms with Crippen LogP contribution in [0.25, 0.3) is 0 Å². The van der Waals surface area contributed by atoms with Crippen molar-refractivity contribution < 1.29 is 14.3 Å². The molecule has 1 aliphatic carbocycles. The summed E-state index contributed by atoms with van der Waals surface area (Å²) in [4.78, 5) is 14.7. The van der Waals surface area contributed by atoms with Crippen LogP contribution in [-0.2, 0) is 0 Å². The Balaban J connectivity index is 1.85. The van der Waals surface area contributed by atoms with Crippen molar-refractivity contribution in [3.63, 3.8) is 0 Å². The normalized spacial score (nSPS) is 16.9. The van der Waals surface area contributed by atoms with Gasteiger partial charge in [0, 0.05) is 12.6 Å². The van der Waals surface area contributed by atoms with E-state index in [0.717, 1.165) is 19.3 Å². The Labute approximate surface area is 118 Å². The maximum Gasteiger partial charge on any atom is 0.258 e. The number of ether oxygens (including phenoxy) is 2. The first-order chi connectivity index (χ1) is 9.81. The Bertz CT molecular complexity index is 500. The molecule has 1 saturated carbocycles. The molecule has 0 unspecified atom stereocenters. The minimum atomic E-state index is 0.0308. The molecule has 1 heterocycles. The quantitative estimate of drug-likeness (QED) is 0.883. The molecule has 1 aromatic rings. The van der Waals surface area contributed by atoms with Crippen LogP contribution < -0.4 is 15.2 Å². The van der Waals surface area contributed by atoms with Gasteiger partial charge in [-0.25, -0.2) is 0 Å². The first-order valence-electron chi connectivity index (χ1n) is 7.21. The molecule has 0 radical (unpaired) electrons. The Hall–Kier alpha value is -1.75. The molecular formula is C15H20N2O3. The second kappa shape index (κ2) is 5.71. The van der Waals surface area contributed by atoms with Gasteiger partial charge in [0.1, 0.15) is 13.2 Å². The third-order valence-corrected chi connectivity index (χ3v) is 3.65. The lowest BCUT2D eigenvalue weighted by molar-refractivity contribution is 0.0731. The van der Waals surface area contributed by atoms with Gasteiger partial charge in [0.05, 0.1) is 5.56 Å². The van der Waals surface area contributed by atoms with Crippen LogP contribution in [0.2, 0.25) is 0 Å². The molecule has 0 saturated heterocycles. The van der Waals surface area contributed by atoms with E-state index in [0.29, 0.717) is 49.4 Å². The van der Waals surface area contributed by atoms with E-state index in [1.807, 2.05) is 23.1 Å². The van der Waals surface area contributed by atoms with E-state index in [2.05, 4.69) is 0 Å². The predicted octanol–water partition coefficient (Wildman–Crippen LogP) is 1.41. The fourth-order valence-corrected chi connectivity index (χ4v) is 2.49. The summed E-state index contributed by atoms with van der Waals surface area (Å²) in [6.07, 6.45) is 3.00. The summed E-state index contributed by atoms with van der Waals surface area (Å²) in [5, 5.41) is 0. The maximum atomic E-state index is 12.8. The number of hydrogen-bond donors (Lipinski definition) is 1. The Kier molecular flexibility index (Phi) is 3.78. The number of nitrogens with two attached hydrogens (primary N) is 1. The lowest BCUT2D eigenvalue weighted by atomic mass is 10.1. The lowest BCUT2D eigenvalue weighted by Crippen LogP contribution is -2.35. The highest BCUT2D eigenvalue weighted by Crippen LogP contribution is 2.36. The van der Waals surface area contributed by atoms with Gasteiger partial charge >= 0.3 is 0 Å². The second-order valence-electron chi connectivity index (χ2n) is 5.20. The summed E-state index contributed by atoms with van der Waals surface area (Å²) in [6.45, 7) is 2.33. The molecule has 1 aromatic carbocycles. The zero-order valence-corrected chi connectivity index (χ0v) is 11.5. The second-order valence-corrected chi connectivity index (χ2v) is 5.20. The van der Waals surface area contributed by atoms with Crippen molar-refractivity contribution in [2.24, 2.45) is 5.73 Å². The molecule has 5 nitrogen and oxygen atoms in total. The highest BCUT2D eigenvalue weighted by molar-refractivity contribution is 5.98. The smallest absolute Gasteiger partial charge is 0.258 e. The van der Waals surface area contributed by atoms with Crippen LogP contribution in [0.4, 0.5) is 0 Å². The molecule has 0 bridgehead atoms. The summed E-state index contributed by atoms with van der Waals surface area (Å²) < 4.78 is 11.2. The SMILES string of the molecule is NCCCN(C(=O)c1cccc2c1OCCO2)C1CC1. The minimum Gasteiger partial charge on any atom is -0.486 e. The minimum absolute atomic E-state index is 0.0308. The zero-order chi connectivity index (χ0) is 13.9. The van der Waals surface area contributed by atoms with Gasteiger partial charge < -0.3 is 20.1 Å². The third kappa shape index (κ3) is 2.58. The van der Waals surface area contributed by atoms with E-state index in [1.54, 1.807) is 0 Å². The number of rotatable bonds is 5. The molecule has 108 valence electrons. The number of carbonyl (C=O) groups excluding carboxylic acids is 1. The van der Waals surface area contributed by atoms with E-state index < -0.39 is 0 Å². The van der Waals surface area contributed by atoms with Crippen LogP contribution >= 0.6 is 0 Å². The lowest BCUT2D eigenvalue weighted by Gasteiger charge is -2.25. The topological polar surface area (TPSA) is 64.8 Å². The van der Waals surface area contributed by atoms with Crippen LogP contribution in [0.1, 0.15) is 29.6 Å². The monoisotopic (exact) mass is 276 g/mol. The van der Waals surface area contributed by atoms with Crippen molar-refractivity contribution in [1.29, 1.82) is 0 Å². The number of benzene rings is 1. The average Bonchev–Trinajstić information content (AvgIpc) is 3.31. The summed E-state index contributed by atoms with van der Waals surface area (Å²) in [5.41, 5.74) is 6.17. The maximum absolute atomic E-state index is 12.8. The fourth-order valence-electron chi connectivity index (χ4n) is 2.49. The molecule has 0 aromatic heterocycles. The number of carbonyl (C=O) groups is 1. The Morgan fingerprint density at radius 2 is 2.10 bits per heavy atom. The van der Waals surface area contributed by atoms with Crippen molar-refractivity contribution in [2.45, 2.75) is 25.3 Å². The molecule has 2 N–H and O–H groups in total. The molecule has 1 amide bonds. The standard InChI is InChI=1S/C15H20N2O3/c16-7-2-8-17(11-5-6-11)15(18)12-3-1-4-13-14(12)20-10-9-19-13/h1,3-4,11H,2,5-10,16H2. The zero-order valence-electron chi connectivity index (χ0n) is 11.5. The Morgan fingerprint density at radius 1 is 1.30 bits per heavy atom. The molecule has 20 heavy (non-hydrogen) atoms. The van der Waals surface area contributed by atoms with Crippen LogP contribution in [0, 0.1) is 0 Å².